The van der Waals surface area contributed by atoms with Crippen molar-refractivity contribution in [2.24, 2.45) is 0 Å². The quantitative estimate of drug-likeness (QED) is 0.795. The standard InChI is InChI=1S/C10H8N2O4/c13-9(6-2-1-3-11-4-6)8-7(10(14)15)5-16-12-8/h1-5,9,13H,(H,14,15)/t9-/m1/s1. The van der Waals surface area contributed by atoms with E-state index in [0.717, 1.165) is 6.26 Å². The number of aliphatic hydroxyl groups excluding tert-OH is 1. The number of rotatable bonds is 3. The molecule has 2 heterocycles. The number of pyridine rings is 1. The molecule has 0 fully saturated rings. The van der Waals surface area contributed by atoms with Gasteiger partial charge in [-0.3, -0.25) is 4.98 Å². The molecule has 0 bridgehead atoms. The Morgan fingerprint density at radius 3 is 2.94 bits per heavy atom. The molecule has 1 atom stereocenters. The maximum absolute atomic E-state index is 10.8. The van der Waals surface area contributed by atoms with Crippen molar-refractivity contribution in [3.63, 3.8) is 0 Å². The van der Waals surface area contributed by atoms with Gasteiger partial charge in [0.25, 0.3) is 0 Å². The summed E-state index contributed by atoms with van der Waals surface area (Å²) in [6, 6.07) is 3.26. The molecule has 0 saturated heterocycles. The lowest BCUT2D eigenvalue weighted by molar-refractivity contribution is 0.0691. The molecule has 6 heteroatoms. The van der Waals surface area contributed by atoms with Gasteiger partial charge in [0.15, 0.2) is 0 Å². The van der Waals surface area contributed by atoms with Crippen LogP contribution in [0.2, 0.25) is 0 Å². The summed E-state index contributed by atoms with van der Waals surface area (Å²) in [6.07, 6.45) is 2.82. The summed E-state index contributed by atoms with van der Waals surface area (Å²) in [5, 5.41) is 22.2. The van der Waals surface area contributed by atoms with E-state index in [2.05, 4.69) is 14.7 Å². The van der Waals surface area contributed by atoms with Gasteiger partial charge in [0.2, 0.25) is 0 Å². The Morgan fingerprint density at radius 2 is 2.31 bits per heavy atom. The number of hydrogen-bond acceptors (Lipinski definition) is 5. The lowest BCUT2D eigenvalue weighted by Gasteiger charge is -2.07. The first kappa shape index (κ1) is 10.3. The van der Waals surface area contributed by atoms with Crippen LogP contribution in [-0.4, -0.2) is 26.3 Å². The van der Waals surface area contributed by atoms with Crippen LogP contribution in [0.4, 0.5) is 0 Å². The molecule has 0 aliphatic heterocycles. The van der Waals surface area contributed by atoms with Crippen molar-refractivity contribution in [2.75, 3.05) is 0 Å². The number of hydrogen-bond donors (Lipinski definition) is 2. The molecule has 2 N–H and O–H groups in total. The van der Waals surface area contributed by atoms with Gasteiger partial charge in [-0.05, 0) is 6.07 Å². The Balaban J connectivity index is 2.38. The number of aliphatic hydroxyl groups is 1. The topological polar surface area (TPSA) is 96.5 Å². The van der Waals surface area contributed by atoms with Crippen molar-refractivity contribution in [1.82, 2.24) is 10.1 Å². The molecule has 0 aliphatic rings. The van der Waals surface area contributed by atoms with Crippen LogP contribution in [0.1, 0.15) is 27.7 Å². The van der Waals surface area contributed by atoms with Gasteiger partial charge in [-0.1, -0.05) is 11.2 Å². The number of carbonyl (C=O) groups is 1. The molecule has 0 saturated carbocycles. The highest BCUT2D eigenvalue weighted by Gasteiger charge is 2.22. The molecule has 2 rings (SSSR count). The summed E-state index contributed by atoms with van der Waals surface area (Å²) in [4.78, 5) is 14.6. The predicted octanol–water partition coefficient (Wildman–Crippen LogP) is 0.849. The number of carboxylic acid groups (broad SMARTS) is 1. The number of aromatic carboxylic acids is 1. The van der Waals surface area contributed by atoms with E-state index in [0.29, 0.717) is 5.56 Å². The van der Waals surface area contributed by atoms with Crippen LogP contribution in [0.3, 0.4) is 0 Å². The number of nitrogens with zero attached hydrogens (tertiary/aromatic N) is 2. The lowest BCUT2D eigenvalue weighted by Crippen LogP contribution is -2.07. The first-order chi connectivity index (χ1) is 7.70. The second-order valence-electron chi connectivity index (χ2n) is 3.11. The minimum Gasteiger partial charge on any atom is -0.478 e. The smallest absolute Gasteiger partial charge is 0.341 e. The minimum atomic E-state index is -1.20. The molecule has 82 valence electrons. The molecule has 0 aliphatic carbocycles. The van der Waals surface area contributed by atoms with E-state index in [9.17, 15) is 9.90 Å². The zero-order valence-electron chi connectivity index (χ0n) is 8.07. The zero-order chi connectivity index (χ0) is 11.5. The summed E-state index contributed by atoms with van der Waals surface area (Å²) < 4.78 is 4.54. The van der Waals surface area contributed by atoms with Gasteiger partial charge < -0.3 is 14.7 Å². The Hall–Kier alpha value is -2.21. The summed E-state index contributed by atoms with van der Waals surface area (Å²) >= 11 is 0. The molecule has 0 spiro atoms. The van der Waals surface area contributed by atoms with Crippen molar-refractivity contribution >= 4 is 5.97 Å². The van der Waals surface area contributed by atoms with Gasteiger partial charge >= 0.3 is 5.97 Å². The largest absolute Gasteiger partial charge is 0.478 e. The zero-order valence-corrected chi connectivity index (χ0v) is 8.07. The van der Waals surface area contributed by atoms with E-state index in [4.69, 9.17) is 5.11 Å². The highest BCUT2D eigenvalue weighted by atomic mass is 16.5. The van der Waals surface area contributed by atoms with Crippen molar-refractivity contribution in [2.45, 2.75) is 6.10 Å². The van der Waals surface area contributed by atoms with Crippen LogP contribution in [0.25, 0.3) is 0 Å². The SMILES string of the molecule is O=C(O)c1conc1[C@H](O)c1cccnc1. The van der Waals surface area contributed by atoms with Crippen molar-refractivity contribution < 1.29 is 19.5 Å². The molecule has 2 aromatic heterocycles. The first-order valence-electron chi connectivity index (χ1n) is 4.45. The molecule has 2 aromatic rings. The molecule has 0 aromatic carbocycles. The Morgan fingerprint density at radius 1 is 1.50 bits per heavy atom. The normalized spacial score (nSPS) is 12.3. The number of aromatic nitrogens is 2. The molecular formula is C10H8N2O4. The van der Waals surface area contributed by atoms with E-state index in [1.54, 1.807) is 18.3 Å². The third kappa shape index (κ3) is 1.78. The Bertz CT molecular complexity index is 495. The summed E-state index contributed by atoms with van der Waals surface area (Å²) in [5.41, 5.74) is 0.274. The maximum atomic E-state index is 10.8. The van der Waals surface area contributed by atoms with Gasteiger partial charge in [-0.15, -0.1) is 0 Å². The van der Waals surface area contributed by atoms with Gasteiger partial charge in [0, 0.05) is 18.0 Å². The predicted molar refractivity (Wildman–Crippen MR) is 51.8 cm³/mol. The summed E-state index contributed by atoms with van der Waals surface area (Å²) in [7, 11) is 0. The molecule has 16 heavy (non-hydrogen) atoms. The van der Waals surface area contributed by atoms with E-state index >= 15 is 0 Å². The monoisotopic (exact) mass is 220 g/mol. The molecule has 0 radical (unpaired) electrons. The summed E-state index contributed by atoms with van der Waals surface area (Å²) in [6.45, 7) is 0. The van der Waals surface area contributed by atoms with Crippen molar-refractivity contribution in [3.05, 3.63) is 47.6 Å². The van der Waals surface area contributed by atoms with Gasteiger partial charge in [-0.25, -0.2) is 4.79 Å². The van der Waals surface area contributed by atoms with E-state index in [-0.39, 0.29) is 11.3 Å². The van der Waals surface area contributed by atoms with E-state index in [1.165, 1.54) is 6.20 Å². The fourth-order valence-corrected chi connectivity index (χ4v) is 1.30. The van der Waals surface area contributed by atoms with Gasteiger partial charge in [-0.2, -0.15) is 0 Å². The van der Waals surface area contributed by atoms with E-state index in [1.807, 2.05) is 0 Å². The van der Waals surface area contributed by atoms with Crippen LogP contribution in [0, 0.1) is 0 Å². The average Bonchev–Trinajstić information content (AvgIpc) is 2.78. The first-order valence-corrected chi connectivity index (χ1v) is 4.45. The molecule has 0 amide bonds. The van der Waals surface area contributed by atoms with Crippen LogP contribution in [0.5, 0.6) is 0 Å². The van der Waals surface area contributed by atoms with Crippen molar-refractivity contribution in [1.29, 1.82) is 0 Å². The lowest BCUT2D eigenvalue weighted by atomic mass is 10.1. The molecule has 6 nitrogen and oxygen atoms in total. The second-order valence-corrected chi connectivity index (χ2v) is 3.11. The average molecular weight is 220 g/mol. The van der Waals surface area contributed by atoms with E-state index < -0.39 is 12.1 Å². The highest BCUT2D eigenvalue weighted by molar-refractivity contribution is 5.88. The Kier molecular flexibility index (Phi) is 2.65. The number of carboxylic acids is 1. The van der Waals surface area contributed by atoms with Crippen LogP contribution in [-0.2, 0) is 0 Å². The molecular weight excluding hydrogens is 212 g/mol. The Labute approximate surface area is 90.2 Å². The third-order valence-electron chi connectivity index (χ3n) is 2.09. The minimum absolute atomic E-state index is 0.0273. The van der Waals surface area contributed by atoms with Crippen LogP contribution >= 0.6 is 0 Å². The fraction of sp³-hybridized carbons (Fsp3) is 0.100. The maximum Gasteiger partial charge on any atom is 0.341 e. The van der Waals surface area contributed by atoms with Crippen LogP contribution in [0.15, 0.2) is 35.3 Å². The highest BCUT2D eigenvalue weighted by Crippen LogP contribution is 2.22. The second kappa shape index (κ2) is 4.11. The third-order valence-corrected chi connectivity index (χ3v) is 2.09. The molecule has 0 unspecified atom stereocenters. The fourth-order valence-electron chi connectivity index (χ4n) is 1.30. The van der Waals surface area contributed by atoms with Crippen LogP contribution < -0.4 is 0 Å². The van der Waals surface area contributed by atoms with Gasteiger partial charge in [0.05, 0.1) is 0 Å². The van der Waals surface area contributed by atoms with Crippen molar-refractivity contribution in [3.8, 4) is 0 Å². The van der Waals surface area contributed by atoms with Gasteiger partial charge in [0.1, 0.15) is 23.6 Å². The summed E-state index contributed by atoms with van der Waals surface area (Å²) in [5.74, 6) is -1.20.